The third kappa shape index (κ3) is 9.10. The number of thiocarbonyl (C=S) groups is 2. The predicted octanol–water partition coefficient (Wildman–Crippen LogP) is 5.62. The fraction of sp³-hybridized carbons (Fsp3) is 0.312. The molecule has 0 aliphatic carbocycles. The van der Waals surface area contributed by atoms with Crippen LogP contribution >= 0.6 is 48.0 Å². The zero-order chi connectivity index (χ0) is 31.6. The minimum absolute atomic E-state index is 0.110. The lowest BCUT2D eigenvalue weighted by Crippen LogP contribution is -2.42. The van der Waals surface area contributed by atoms with Crippen LogP contribution in [-0.2, 0) is 32.0 Å². The second-order valence-electron chi connectivity index (χ2n) is 10.2. The fourth-order valence-electron chi connectivity index (χ4n) is 4.45. The zero-order valence-electron chi connectivity index (χ0n) is 24.6. The van der Waals surface area contributed by atoms with Gasteiger partial charge in [-0.1, -0.05) is 110 Å². The van der Waals surface area contributed by atoms with E-state index in [1.54, 1.807) is 0 Å². The van der Waals surface area contributed by atoms with Crippen molar-refractivity contribution in [2.45, 2.75) is 52.4 Å². The van der Waals surface area contributed by atoms with E-state index in [1.807, 2.05) is 60.7 Å². The first-order chi connectivity index (χ1) is 21.2. The summed E-state index contributed by atoms with van der Waals surface area (Å²) in [6, 6.07) is 16.1. The Bertz CT molecular complexity index is 1390. The Morgan fingerprint density at radius 2 is 1.05 bits per heavy atom. The summed E-state index contributed by atoms with van der Waals surface area (Å²) in [6.45, 7) is 4.79. The van der Waals surface area contributed by atoms with E-state index < -0.39 is 0 Å². The molecule has 2 aromatic rings. The normalized spacial score (nSPS) is 16.9. The molecule has 2 saturated heterocycles. The van der Waals surface area contributed by atoms with Crippen LogP contribution in [0.3, 0.4) is 0 Å². The maximum atomic E-state index is 12.8. The molecule has 230 valence electrons. The lowest BCUT2D eigenvalue weighted by atomic mass is 10.1. The van der Waals surface area contributed by atoms with Crippen molar-refractivity contribution in [1.29, 1.82) is 0 Å². The first-order valence-electron chi connectivity index (χ1n) is 14.4. The molecule has 2 fully saturated rings. The molecule has 2 aliphatic rings. The van der Waals surface area contributed by atoms with Gasteiger partial charge in [-0.05, 0) is 60.1 Å². The average Bonchev–Trinajstić information content (AvgIpc) is 3.44. The van der Waals surface area contributed by atoms with Gasteiger partial charge in [0.1, 0.15) is 8.64 Å². The van der Waals surface area contributed by atoms with Gasteiger partial charge >= 0.3 is 0 Å². The number of nitrogens with zero attached hydrogens (tertiary/aromatic N) is 2. The number of rotatable bonds is 12. The number of carbonyl (C=O) groups is 4. The maximum Gasteiger partial charge on any atom is 0.266 e. The van der Waals surface area contributed by atoms with E-state index in [0.29, 0.717) is 44.4 Å². The number of nitrogens with one attached hydrogen (secondary N) is 2. The molecule has 0 bridgehead atoms. The SMILES string of the molecule is CCc1ccc(/C=C2\SC(=S)N(CCCC(=O)NNC(=O)CCCN3C(=O)/C(=C\c4ccc(CC)cc4)SC3=S)C2=O)cc1. The molecule has 2 N–H and O–H groups in total. The molecule has 0 atom stereocenters. The van der Waals surface area contributed by atoms with Gasteiger partial charge in [0.15, 0.2) is 0 Å². The molecule has 4 rings (SSSR count). The Labute approximate surface area is 277 Å². The number of hydrogen-bond acceptors (Lipinski definition) is 8. The quantitative estimate of drug-likeness (QED) is 0.171. The highest BCUT2D eigenvalue weighted by atomic mass is 32.2. The highest BCUT2D eigenvalue weighted by Crippen LogP contribution is 2.34. The van der Waals surface area contributed by atoms with Gasteiger partial charge < -0.3 is 0 Å². The van der Waals surface area contributed by atoms with Gasteiger partial charge in [-0.3, -0.25) is 39.8 Å². The minimum Gasteiger partial charge on any atom is -0.293 e. The maximum absolute atomic E-state index is 12.8. The van der Waals surface area contributed by atoms with Crippen molar-refractivity contribution in [2.24, 2.45) is 0 Å². The second kappa shape index (κ2) is 16.1. The van der Waals surface area contributed by atoms with Crippen LogP contribution in [0.15, 0.2) is 58.3 Å². The van der Waals surface area contributed by atoms with Gasteiger partial charge in [0, 0.05) is 25.9 Å². The topological polar surface area (TPSA) is 98.8 Å². The van der Waals surface area contributed by atoms with Crippen LogP contribution < -0.4 is 10.9 Å². The van der Waals surface area contributed by atoms with Gasteiger partial charge in [0.2, 0.25) is 11.8 Å². The number of amides is 4. The zero-order valence-corrected chi connectivity index (χ0v) is 27.9. The molecule has 12 heteroatoms. The van der Waals surface area contributed by atoms with Crippen molar-refractivity contribution >= 4 is 92.4 Å². The average molecular weight is 667 g/mol. The number of carbonyl (C=O) groups excluding carboxylic acids is 4. The standard InChI is InChI=1S/C32H34N4O4S4/c1-3-21-9-13-23(14-10-21)19-25-29(39)35(31(41)43-25)17-5-7-27(37)33-34-28(38)8-6-18-36-30(40)26(44-32(36)42)20-24-15-11-22(4-2)12-16-24/h9-16,19-20H,3-8,17-18H2,1-2H3,(H,33,37)(H,34,38)/b25-19-,26-20+. The van der Waals surface area contributed by atoms with Crippen molar-refractivity contribution in [3.63, 3.8) is 0 Å². The van der Waals surface area contributed by atoms with Crippen molar-refractivity contribution in [3.8, 4) is 0 Å². The molecular formula is C32H34N4O4S4. The van der Waals surface area contributed by atoms with Crippen LogP contribution in [0, 0.1) is 0 Å². The molecule has 0 spiro atoms. The molecule has 2 aliphatic heterocycles. The summed E-state index contributed by atoms with van der Waals surface area (Å²) in [7, 11) is 0. The van der Waals surface area contributed by atoms with Gasteiger partial charge in [-0.25, -0.2) is 0 Å². The Hall–Kier alpha value is -3.32. The Morgan fingerprint density at radius 1 is 0.682 bits per heavy atom. The predicted molar refractivity (Wildman–Crippen MR) is 186 cm³/mol. The molecule has 0 radical (unpaired) electrons. The summed E-state index contributed by atoms with van der Waals surface area (Å²) < 4.78 is 0.922. The van der Waals surface area contributed by atoms with Crippen LogP contribution in [0.25, 0.3) is 12.2 Å². The summed E-state index contributed by atoms with van der Waals surface area (Å²) in [6.07, 6.45) is 6.55. The van der Waals surface area contributed by atoms with E-state index in [4.69, 9.17) is 24.4 Å². The van der Waals surface area contributed by atoms with Crippen LogP contribution in [0.4, 0.5) is 0 Å². The van der Waals surface area contributed by atoms with E-state index in [9.17, 15) is 19.2 Å². The highest BCUT2D eigenvalue weighted by Gasteiger charge is 2.32. The van der Waals surface area contributed by atoms with Crippen LogP contribution in [0.1, 0.15) is 61.8 Å². The van der Waals surface area contributed by atoms with Crippen LogP contribution in [0.2, 0.25) is 0 Å². The molecular weight excluding hydrogens is 633 g/mol. The Balaban J connectivity index is 1.14. The summed E-state index contributed by atoms with van der Waals surface area (Å²) in [5.41, 5.74) is 9.13. The Kier molecular flexibility index (Phi) is 12.3. The first-order valence-corrected chi connectivity index (χ1v) is 16.9. The fourth-order valence-corrected chi connectivity index (χ4v) is 7.06. The Morgan fingerprint density at radius 3 is 1.39 bits per heavy atom. The van der Waals surface area contributed by atoms with E-state index in [-0.39, 0.29) is 36.5 Å². The molecule has 44 heavy (non-hydrogen) atoms. The highest BCUT2D eigenvalue weighted by molar-refractivity contribution is 8.27. The van der Waals surface area contributed by atoms with Crippen molar-refractivity contribution in [1.82, 2.24) is 20.7 Å². The van der Waals surface area contributed by atoms with Crippen LogP contribution in [-0.4, -0.2) is 55.2 Å². The summed E-state index contributed by atoms with van der Waals surface area (Å²) in [4.78, 5) is 54.4. The first kappa shape index (κ1) is 33.6. The molecule has 8 nitrogen and oxygen atoms in total. The van der Waals surface area contributed by atoms with E-state index in [2.05, 4.69) is 24.7 Å². The molecule has 0 aromatic heterocycles. The van der Waals surface area contributed by atoms with Gasteiger partial charge in [0.05, 0.1) is 9.81 Å². The van der Waals surface area contributed by atoms with Crippen molar-refractivity contribution < 1.29 is 19.2 Å². The monoisotopic (exact) mass is 666 g/mol. The minimum atomic E-state index is -0.371. The van der Waals surface area contributed by atoms with Gasteiger partial charge in [0.25, 0.3) is 11.8 Å². The lowest BCUT2D eigenvalue weighted by Gasteiger charge is -2.15. The third-order valence-corrected chi connectivity index (χ3v) is 9.79. The summed E-state index contributed by atoms with van der Waals surface area (Å²) in [5.74, 6) is -1.08. The number of hydrazine groups is 1. The van der Waals surface area contributed by atoms with E-state index >= 15 is 0 Å². The molecule has 2 aromatic carbocycles. The molecule has 0 saturated carbocycles. The molecule has 4 amide bonds. The van der Waals surface area contributed by atoms with Crippen LogP contribution in [0.5, 0.6) is 0 Å². The lowest BCUT2D eigenvalue weighted by molar-refractivity contribution is -0.129. The number of thioether (sulfide) groups is 2. The van der Waals surface area contributed by atoms with Crippen molar-refractivity contribution in [3.05, 3.63) is 80.6 Å². The summed E-state index contributed by atoms with van der Waals surface area (Å²) >= 11 is 13.3. The van der Waals surface area contributed by atoms with E-state index in [0.717, 1.165) is 24.0 Å². The third-order valence-electron chi connectivity index (χ3n) is 7.03. The van der Waals surface area contributed by atoms with E-state index in [1.165, 1.54) is 44.5 Å². The van der Waals surface area contributed by atoms with Gasteiger partial charge in [-0.2, -0.15) is 0 Å². The number of benzene rings is 2. The smallest absolute Gasteiger partial charge is 0.266 e. The number of hydrogen-bond donors (Lipinski definition) is 2. The summed E-state index contributed by atoms with van der Waals surface area (Å²) in [5, 5.41) is 0. The van der Waals surface area contributed by atoms with Crippen molar-refractivity contribution in [2.75, 3.05) is 13.1 Å². The number of aryl methyl sites for hydroxylation is 2. The second-order valence-corrected chi connectivity index (χ2v) is 13.5. The molecule has 2 heterocycles. The molecule has 0 unspecified atom stereocenters. The largest absolute Gasteiger partial charge is 0.293 e. The van der Waals surface area contributed by atoms with Gasteiger partial charge in [-0.15, -0.1) is 0 Å².